The molecule has 1 unspecified atom stereocenters. The Hall–Kier alpha value is -0.980. The predicted octanol–water partition coefficient (Wildman–Crippen LogP) is 4.46. The number of Topliss-reactive ketones (excluding diaryl/α,β-unsaturated/α-hetero) is 1. The molecule has 1 rings (SSSR count). The number of hydrogen-bond acceptors (Lipinski definition) is 5. The fourth-order valence-corrected chi connectivity index (χ4v) is 4.26. The van der Waals surface area contributed by atoms with Gasteiger partial charge in [0.15, 0.2) is 5.78 Å². The normalized spacial score (nSPS) is 24.1. The van der Waals surface area contributed by atoms with Gasteiger partial charge in [0.25, 0.3) is 0 Å². The van der Waals surface area contributed by atoms with Crippen molar-refractivity contribution in [2.24, 2.45) is 16.7 Å². The number of hydrogen-bond donors (Lipinski definition) is 1. The van der Waals surface area contributed by atoms with E-state index in [-0.39, 0.29) is 23.7 Å². The number of amides is 1. The second-order valence-corrected chi connectivity index (χ2v) is 9.84. The average molecular weight is 414 g/mol. The molecule has 0 radical (unpaired) electrons. The average Bonchev–Trinajstić information content (AvgIpc) is 2.89. The molecule has 0 bridgehead atoms. The van der Waals surface area contributed by atoms with Crippen molar-refractivity contribution in [1.82, 2.24) is 5.48 Å². The predicted molar refractivity (Wildman–Crippen MR) is 114 cm³/mol. The van der Waals surface area contributed by atoms with Crippen LogP contribution in [0, 0.1) is 16.7 Å². The minimum Gasteiger partial charge on any atom is -0.379 e. The lowest BCUT2D eigenvalue weighted by Crippen LogP contribution is -2.52. The van der Waals surface area contributed by atoms with Crippen LogP contribution in [0.25, 0.3) is 0 Å². The van der Waals surface area contributed by atoms with Crippen LogP contribution in [-0.4, -0.2) is 43.7 Å². The number of unbranched alkanes of at least 4 members (excludes halogenated alkanes) is 3. The van der Waals surface area contributed by atoms with Gasteiger partial charge in [-0.3, -0.25) is 14.4 Å². The minimum atomic E-state index is -0.867. The molecular formula is C23H43NO5. The third-order valence-corrected chi connectivity index (χ3v) is 6.87. The van der Waals surface area contributed by atoms with Crippen LogP contribution in [0.1, 0.15) is 87.0 Å². The summed E-state index contributed by atoms with van der Waals surface area (Å²) in [4.78, 5) is 31.3. The lowest BCUT2D eigenvalue weighted by molar-refractivity contribution is -0.155. The molecule has 1 amide bonds. The molecule has 0 heterocycles. The molecule has 1 aliphatic carbocycles. The highest BCUT2D eigenvalue weighted by Gasteiger charge is 2.60. The van der Waals surface area contributed by atoms with E-state index >= 15 is 0 Å². The molecule has 1 N–H and O–H groups in total. The van der Waals surface area contributed by atoms with Crippen molar-refractivity contribution < 1.29 is 23.9 Å². The van der Waals surface area contributed by atoms with Crippen molar-refractivity contribution in [3.63, 3.8) is 0 Å². The van der Waals surface area contributed by atoms with Crippen molar-refractivity contribution in [2.75, 3.05) is 20.3 Å². The first kappa shape index (κ1) is 26.1. The Morgan fingerprint density at radius 1 is 1.07 bits per heavy atom. The first-order valence-electron chi connectivity index (χ1n) is 11.0. The SMILES string of the molecule is COC(C)(C)C(=O)[C@]1(C)CCC(C(=O)NOCCCCCCOC(C)C)C1(C)C. The number of carbonyl (C=O) groups excluding carboxylic acids is 2. The molecule has 0 aromatic rings. The first-order chi connectivity index (χ1) is 13.4. The summed E-state index contributed by atoms with van der Waals surface area (Å²) in [6.07, 6.45) is 5.70. The van der Waals surface area contributed by atoms with Crippen molar-refractivity contribution in [2.45, 2.75) is 98.7 Å². The third kappa shape index (κ3) is 6.50. The molecule has 0 saturated heterocycles. The van der Waals surface area contributed by atoms with Gasteiger partial charge < -0.3 is 9.47 Å². The Morgan fingerprint density at radius 2 is 1.66 bits per heavy atom. The summed E-state index contributed by atoms with van der Waals surface area (Å²) in [6, 6.07) is 0. The molecule has 170 valence electrons. The van der Waals surface area contributed by atoms with Gasteiger partial charge in [0, 0.05) is 25.0 Å². The molecule has 6 heteroatoms. The van der Waals surface area contributed by atoms with Gasteiger partial charge in [-0.15, -0.1) is 0 Å². The second kappa shape index (κ2) is 10.9. The topological polar surface area (TPSA) is 73.9 Å². The van der Waals surface area contributed by atoms with Gasteiger partial charge in [-0.1, -0.05) is 33.6 Å². The second-order valence-electron chi connectivity index (χ2n) is 9.84. The zero-order valence-corrected chi connectivity index (χ0v) is 19.9. The summed E-state index contributed by atoms with van der Waals surface area (Å²) >= 11 is 0. The first-order valence-corrected chi connectivity index (χ1v) is 11.0. The largest absolute Gasteiger partial charge is 0.379 e. The van der Waals surface area contributed by atoms with Crippen molar-refractivity contribution in [3.05, 3.63) is 0 Å². The maximum atomic E-state index is 13.2. The molecule has 1 saturated carbocycles. The molecule has 0 aromatic carbocycles. The molecule has 1 aliphatic rings. The van der Waals surface area contributed by atoms with Crippen molar-refractivity contribution in [1.29, 1.82) is 0 Å². The highest BCUT2D eigenvalue weighted by molar-refractivity contribution is 5.94. The van der Waals surface area contributed by atoms with Crippen LogP contribution < -0.4 is 5.48 Å². The minimum absolute atomic E-state index is 0.0511. The lowest BCUT2D eigenvalue weighted by Gasteiger charge is -2.43. The Kier molecular flexibility index (Phi) is 9.77. The summed E-state index contributed by atoms with van der Waals surface area (Å²) in [5.74, 6) is -0.348. The standard InChI is InChI=1S/C23H43NO5/c1-17(2)28-15-11-9-10-12-16-29-24-19(25)18-13-14-23(7,21(18,3)4)20(26)22(5,6)27-8/h17-18H,9-16H2,1-8H3,(H,24,25)/t18?,23-/m0/s1. The summed E-state index contributed by atoms with van der Waals surface area (Å²) in [6.45, 7) is 14.9. The molecule has 6 nitrogen and oxygen atoms in total. The van der Waals surface area contributed by atoms with E-state index in [1.54, 1.807) is 21.0 Å². The molecule has 2 atom stereocenters. The van der Waals surface area contributed by atoms with Crippen LogP contribution in [0.2, 0.25) is 0 Å². The van der Waals surface area contributed by atoms with Crippen LogP contribution >= 0.6 is 0 Å². The van der Waals surface area contributed by atoms with Crippen LogP contribution in [0.4, 0.5) is 0 Å². The third-order valence-electron chi connectivity index (χ3n) is 6.87. The number of nitrogens with one attached hydrogen (secondary N) is 1. The fourth-order valence-electron chi connectivity index (χ4n) is 4.26. The zero-order valence-electron chi connectivity index (χ0n) is 19.9. The van der Waals surface area contributed by atoms with Crippen LogP contribution in [0.15, 0.2) is 0 Å². The number of hydroxylamine groups is 1. The number of rotatable bonds is 13. The van der Waals surface area contributed by atoms with Crippen LogP contribution in [0.5, 0.6) is 0 Å². The van der Waals surface area contributed by atoms with E-state index in [1.165, 1.54) is 0 Å². The Labute approximate surface area is 177 Å². The van der Waals surface area contributed by atoms with Gasteiger partial charge >= 0.3 is 0 Å². The molecular weight excluding hydrogens is 370 g/mol. The molecule has 1 fully saturated rings. The summed E-state index contributed by atoms with van der Waals surface area (Å²) in [5, 5.41) is 0. The number of carbonyl (C=O) groups is 2. The molecule has 29 heavy (non-hydrogen) atoms. The highest BCUT2D eigenvalue weighted by Crippen LogP contribution is 2.57. The summed E-state index contributed by atoms with van der Waals surface area (Å²) < 4.78 is 10.9. The van der Waals surface area contributed by atoms with E-state index in [9.17, 15) is 9.59 Å². The van der Waals surface area contributed by atoms with Gasteiger partial charge in [-0.05, 0) is 58.8 Å². The summed E-state index contributed by atoms with van der Waals surface area (Å²) in [7, 11) is 1.55. The van der Waals surface area contributed by atoms with E-state index < -0.39 is 16.4 Å². The Bertz CT molecular complexity index is 543. The van der Waals surface area contributed by atoms with E-state index in [2.05, 4.69) is 5.48 Å². The molecule has 0 spiro atoms. The maximum Gasteiger partial charge on any atom is 0.247 e. The number of ketones is 1. The molecule has 0 aromatic heterocycles. The number of ether oxygens (including phenoxy) is 2. The monoisotopic (exact) mass is 413 g/mol. The molecule has 0 aliphatic heterocycles. The Balaban J connectivity index is 2.43. The smallest absolute Gasteiger partial charge is 0.247 e. The van der Waals surface area contributed by atoms with Gasteiger partial charge in [-0.2, -0.15) is 0 Å². The zero-order chi connectivity index (χ0) is 22.3. The van der Waals surface area contributed by atoms with E-state index in [4.69, 9.17) is 14.3 Å². The van der Waals surface area contributed by atoms with E-state index in [0.29, 0.717) is 19.4 Å². The van der Waals surface area contributed by atoms with Gasteiger partial charge in [0.05, 0.1) is 12.7 Å². The highest BCUT2D eigenvalue weighted by atomic mass is 16.6. The Morgan fingerprint density at radius 3 is 2.21 bits per heavy atom. The quantitative estimate of drug-likeness (QED) is 0.356. The van der Waals surface area contributed by atoms with Crippen LogP contribution in [-0.2, 0) is 23.9 Å². The van der Waals surface area contributed by atoms with Gasteiger partial charge in [0.2, 0.25) is 5.91 Å². The summed E-state index contributed by atoms with van der Waals surface area (Å²) in [5.41, 5.74) is 0.653. The maximum absolute atomic E-state index is 13.2. The van der Waals surface area contributed by atoms with Crippen molar-refractivity contribution >= 4 is 11.7 Å². The van der Waals surface area contributed by atoms with Crippen LogP contribution in [0.3, 0.4) is 0 Å². The number of methoxy groups -OCH3 is 1. The fraction of sp³-hybridized carbons (Fsp3) is 0.913. The van der Waals surface area contributed by atoms with E-state index in [1.807, 2.05) is 34.6 Å². The van der Waals surface area contributed by atoms with Crippen molar-refractivity contribution in [3.8, 4) is 0 Å². The van der Waals surface area contributed by atoms with Gasteiger partial charge in [0.1, 0.15) is 5.60 Å². The van der Waals surface area contributed by atoms with E-state index in [0.717, 1.165) is 32.3 Å². The lowest BCUT2D eigenvalue weighted by atomic mass is 9.61. The van der Waals surface area contributed by atoms with Gasteiger partial charge in [-0.25, -0.2) is 5.48 Å².